The first-order valence-corrected chi connectivity index (χ1v) is 8.08. The molecule has 0 aliphatic carbocycles. The van der Waals surface area contributed by atoms with Crippen LogP contribution < -0.4 is 10.6 Å². The minimum Gasteiger partial charge on any atom is -0.476 e. The average molecular weight is 389 g/mol. The first kappa shape index (κ1) is 19.2. The Morgan fingerprint density at radius 1 is 1.00 bits per heavy atom. The van der Waals surface area contributed by atoms with E-state index in [0.717, 1.165) is 12.1 Å². The predicted molar refractivity (Wildman–Crippen MR) is 96.0 cm³/mol. The molecule has 0 saturated carbocycles. The number of rotatable bonds is 4. The summed E-state index contributed by atoms with van der Waals surface area (Å²) in [5.74, 6) is -1.19. The number of carbonyl (C=O) groups is 2. The molecule has 28 heavy (non-hydrogen) atoms. The number of aromatic carboxylic acids is 1. The zero-order valence-electron chi connectivity index (χ0n) is 14.2. The lowest BCUT2D eigenvalue weighted by molar-refractivity contribution is -0.137. The Morgan fingerprint density at radius 2 is 1.71 bits per heavy atom. The molecular formula is C19H14F3N3O3. The number of alkyl halides is 3. The van der Waals surface area contributed by atoms with E-state index in [-0.39, 0.29) is 12.2 Å². The molecular weight excluding hydrogens is 375 g/mol. The molecule has 3 N–H and O–H groups in total. The Hall–Kier alpha value is -3.62. The van der Waals surface area contributed by atoms with Crippen LogP contribution in [0.3, 0.4) is 0 Å². The molecule has 0 aliphatic heterocycles. The van der Waals surface area contributed by atoms with E-state index in [9.17, 15) is 27.9 Å². The van der Waals surface area contributed by atoms with Gasteiger partial charge >= 0.3 is 18.2 Å². The number of carboxylic acids is 1. The monoisotopic (exact) mass is 389 g/mol. The Bertz CT molecular complexity index is 1030. The van der Waals surface area contributed by atoms with Crippen LogP contribution in [0.15, 0.2) is 54.7 Å². The molecule has 0 radical (unpaired) electrons. The van der Waals surface area contributed by atoms with Gasteiger partial charge in [-0.1, -0.05) is 24.3 Å². The van der Waals surface area contributed by atoms with Crippen LogP contribution in [0.25, 0.3) is 10.8 Å². The van der Waals surface area contributed by atoms with E-state index in [1.807, 2.05) is 0 Å². The fourth-order valence-electron chi connectivity index (χ4n) is 2.65. The van der Waals surface area contributed by atoms with E-state index < -0.39 is 23.7 Å². The molecule has 0 saturated heterocycles. The van der Waals surface area contributed by atoms with E-state index in [1.165, 1.54) is 18.3 Å². The molecule has 0 aliphatic rings. The van der Waals surface area contributed by atoms with E-state index in [0.29, 0.717) is 22.0 Å². The highest BCUT2D eigenvalue weighted by Gasteiger charge is 2.29. The zero-order valence-corrected chi connectivity index (χ0v) is 14.2. The number of anilines is 1. The lowest BCUT2D eigenvalue weighted by atomic mass is 10.1. The molecule has 0 atom stereocenters. The molecule has 3 rings (SSSR count). The molecule has 0 unspecified atom stereocenters. The van der Waals surface area contributed by atoms with Crippen LogP contribution in [0.2, 0.25) is 0 Å². The van der Waals surface area contributed by atoms with Crippen molar-refractivity contribution >= 4 is 28.5 Å². The number of hydrogen-bond donors (Lipinski definition) is 3. The minimum atomic E-state index is -4.42. The van der Waals surface area contributed by atoms with Crippen molar-refractivity contribution in [1.82, 2.24) is 10.3 Å². The van der Waals surface area contributed by atoms with E-state index >= 15 is 0 Å². The number of carboxylic acid groups (broad SMARTS) is 1. The Labute approximate surface area is 157 Å². The van der Waals surface area contributed by atoms with Crippen LogP contribution in [0.4, 0.5) is 23.7 Å². The largest absolute Gasteiger partial charge is 0.476 e. The van der Waals surface area contributed by atoms with Gasteiger partial charge in [-0.3, -0.25) is 0 Å². The summed E-state index contributed by atoms with van der Waals surface area (Å²) in [6.45, 7) is 0.0245. The first-order chi connectivity index (χ1) is 13.3. The predicted octanol–water partition coefficient (Wildman–Crippen LogP) is 4.27. The van der Waals surface area contributed by atoms with Crippen molar-refractivity contribution in [2.45, 2.75) is 12.7 Å². The second-order valence-corrected chi connectivity index (χ2v) is 5.87. The van der Waals surface area contributed by atoms with E-state index in [2.05, 4.69) is 15.6 Å². The van der Waals surface area contributed by atoms with Crippen molar-refractivity contribution in [1.29, 1.82) is 0 Å². The highest BCUT2D eigenvalue weighted by atomic mass is 19.4. The van der Waals surface area contributed by atoms with Crippen molar-refractivity contribution in [3.8, 4) is 0 Å². The molecule has 9 heteroatoms. The van der Waals surface area contributed by atoms with Gasteiger partial charge in [-0.15, -0.1) is 0 Å². The minimum absolute atomic E-state index is 0.0245. The molecule has 6 nitrogen and oxygen atoms in total. The molecule has 2 aromatic carbocycles. The maximum Gasteiger partial charge on any atom is 0.416 e. The molecule has 3 aromatic rings. The van der Waals surface area contributed by atoms with Crippen molar-refractivity contribution in [2.24, 2.45) is 0 Å². The fraction of sp³-hybridized carbons (Fsp3) is 0.105. The van der Waals surface area contributed by atoms with Crippen molar-refractivity contribution in [3.63, 3.8) is 0 Å². The van der Waals surface area contributed by atoms with Crippen LogP contribution in [0.1, 0.15) is 21.6 Å². The smallest absolute Gasteiger partial charge is 0.416 e. The summed E-state index contributed by atoms with van der Waals surface area (Å²) in [6, 6.07) is 10.2. The third kappa shape index (κ3) is 4.20. The normalized spacial score (nSPS) is 11.2. The van der Waals surface area contributed by atoms with E-state index in [1.54, 1.807) is 24.3 Å². The van der Waals surface area contributed by atoms with E-state index in [4.69, 9.17) is 0 Å². The average Bonchev–Trinajstić information content (AvgIpc) is 2.65. The first-order valence-electron chi connectivity index (χ1n) is 8.08. The molecule has 0 fully saturated rings. The van der Waals surface area contributed by atoms with Crippen LogP contribution >= 0.6 is 0 Å². The second-order valence-electron chi connectivity index (χ2n) is 5.87. The maximum absolute atomic E-state index is 12.6. The quantitative estimate of drug-likeness (QED) is 0.621. The summed E-state index contributed by atoms with van der Waals surface area (Å²) < 4.78 is 37.7. The summed E-state index contributed by atoms with van der Waals surface area (Å²) in [4.78, 5) is 27.2. The van der Waals surface area contributed by atoms with Crippen molar-refractivity contribution in [2.75, 3.05) is 5.32 Å². The number of urea groups is 1. The fourth-order valence-corrected chi connectivity index (χ4v) is 2.65. The molecule has 0 spiro atoms. The molecule has 144 valence electrons. The standard InChI is InChI=1S/C19H14F3N3O3/c20-19(21,22)12-6-4-11(5-7-12)10-24-18(28)25-15-3-1-2-14-13(15)8-9-23-16(14)17(26)27/h1-9H,10H2,(H,26,27)(H2,24,25,28). The van der Waals surface area contributed by atoms with Gasteiger partial charge in [0.2, 0.25) is 0 Å². The van der Waals surface area contributed by atoms with Crippen molar-refractivity contribution in [3.05, 3.63) is 71.5 Å². The Kier molecular flexibility index (Phi) is 5.16. The van der Waals surface area contributed by atoms with Gasteiger partial charge in [0.15, 0.2) is 5.69 Å². The number of nitrogens with zero attached hydrogens (tertiary/aromatic N) is 1. The van der Waals surface area contributed by atoms with Gasteiger partial charge in [-0.25, -0.2) is 14.6 Å². The van der Waals surface area contributed by atoms with Gasteiger partial charge in [0.1, 0.15) is 0 Å². The van der Waals surface area contributed by atoms with Gasteiger partial charge in [-0.05, 0) is 29.8 Å². The number of fused-ring (bicyclic) bond motifs is 1. The number of pyridine rings is 1. The van der Waals surface area contributed by atoms with Crippen LogP contribution in [0.5, 0.6) is 0 Å². The maximum atomic E-state index is 12.6. The van der Waals surface area contributed by atoms with Gasteiger partial charge < -0.3 is 15.7 Å². The SMILES string of the molecule is O=C(NCc1ccc(C(F)(F)F)cc1)Nc1cccc2c(C(=O)O)nccc12. The number of halogens is 3. The van der Waals surface area contributed by atoms with Gasteiger partial charge in [0.25, 0.3) is 0 Å². The number of aromatic nitrogens is 1. The zero-order chi connectivity index (χ0) is 20.3. The second kappa shape index (κ2) is 7.55. The van der Waals surface area contributed by atoms with Gasteiger partial charge in [0.05, 0.1) is 11.3 Å². The Morgan fingerprint density at radius 3 is 2.36 bits per heavy atom. The van der Waals surface area contributed by atoms with Crippen LogP contribution in [0, 0.1) is 0 Å². The number of hydrogen-bond acceptors (Lipinski definition) is 3. The van der Waals surface area contributed by atoms with Crippen molar-refractivity contribution < 1.29 is 27.9 Å². The topological polar surface area (TPSA) is 91.3 Å². The summed E-state index contributed by atoms with van der Waals surface area (Å²) in [7, 11) is 0. The third-order valence-corrected chi connectivity index (χ3v) is 3.99. The molecule has 2 amide bonds. The summed E-state index contributed by atoms with van der Waals surface area (Å²) in [5.41, 5.74) is -0.0173. The number of nitrogens with one attached hydrogen (secondary N) is 2. The number of amides is 2. The summed E-state index contributed by atoms with van der Waals surface area (Å²) in [5, 5.41) is 15.2. The Balaban J connectivity index is 1.70. The summed E-state index contributed by atoms with van der Waals surface area (Å²) >= 11 is 0. The number of carbonyl (C=O) groups excluding carboxylic acids is 1. The molecule has 0 bridgehead atoms. The highest BCUT2D eigenvalue weighted by Crippen LogP contribution is 2.29. The van der Waals surface area contributed by atoms with Crippen LogP contribution in [-0.4, -0.2) is 22.1 Å². The lowest BCUT2D eigenvalue weighted by Gasteiger charge is -2.11. The highest BCUT2D eigenvalue weighted by molar-refractivity contribution is 6.08. The number of benzene rings is 2. The third-order valence-electron chi connectivity index (χ3n) is 3.99. The van der Waals surface area contributed by atoms with Crippen LogP contribution in [-0.2, 0) is 12.7 Å². The van der Waals surface area contributed by atoms with Gasteiger partial charge in [-0.2, -0.15) is 13.2 Å². The lowest BCUT2D eigenvalue weighted by Crippen LogP contribution is -2.28. The molecule has 1 aromatic heterocycles. The molecule has 1 heterocycles. The summed E-state index contributed by atoms with van der Waals surface area (Å²) in [6.07, 6.45) is -3.08. The van der Waals surface area contributed by atoms with Gasteiger partial charge in [0, 0.05) is 23.5 Å².